The number of benzene rings is 2. The summed E-state index contributed by atoms with van der Waals surface area (Å²) in [6.07, 6.45) is 2.71. The van der Waals surface area contributed by atoms with E-state index in [0.717, 1.165) is 4.47 Å². The van der Waals surface area contributed by atoms with E-state index in [0.29, 0.717) is 38.9 Å². The number of nitrogens with zero attached hydrogens (tertiary/aromatic N) is 3. The van der Waals surface area contributed by atoms with Crippen LogP contribution in [0.2, 0.25) is 0 Å². The molecule has 3 rings (SSSR count). The van der Waals surface area contributed by atoms with Crippen molar-refractivity contribution in [3.8, 4) is 17.9 Å². The topological polar surface area (TPSA) is 88.0 Å². The number of rotatable bonds is 3. The molecule has 31 heavy (non-hydrogen) atoms. The molecule has 0 radical (unpaired) electrons. The summed E-state index contributed by atoms with van der Waals surface area (Å²) in [4.78, 5) is 12.8. The Balaban J connectivity index is 2.23. The molecule has 0 bridgehead atoms. The van der Waals surface area contributed by atoms with Crippen LogP contribution in [0.4, 0.5) is 4.79 Å². The standard InChI is InChI=1S/C24H20BrN3O3/c1-24(2,3)31-23(29)28-14-20(19-11-18(25)6-7-21(19)28)17(13-27)10-16-9-15(12-26)5-8-22(16)30-4/h5-11,14H,1-4H3. The Morgan fingerprint density at radius 1 is 1.16 bits per heavy atom. The first-order chi connectivity index (χ1) is 14.7. The van der Waals surface area contributed by atoms with Gasteiger partial charge in [-0.05, 0) is 63.2 Å². The number of halogens is 1. The molecule has 0 amide bonds. The molecular formula is C24H20BrN3O3. The highest BCUT2D eigenvalue weighted by atomic mass is 79.9. The van der Waals surface area contributed by atoms with E-state index in [1.54, 1.807) is 57.3 Å². The molecule has 156 valence electrons. The first-order valence-electron chi connectivity index (χ1n) is 9.41. The monoisotopic (exact) mass is 477 g/mol. The average Bonchev–Trinajstić information content (AvgIpc) is 3.09. The molecule has 0 fully saturated rings. The molecule has 0 atom stereocenters. The predicted molar refractivity (Wildman–Crippen MR) is 122 cm³/mol. The van der Waals surface area contributed by atoms with Gasteiger partial charge in [0.25, 0.3) is 0 Å². The van der Waals surface area contributed by atoms with E-state index in [2.05, 4.69) is 28.1 Å². The van der Waals surface area contributed by atoms with Crippen molar-refractivity contribution in [3.05, 3.63) is 63.8 Å². The maximum absolute atomic E-state index is 12.8. The molecule has 0 aliphatic heterocycles. The normalized spacial score (nSPS) is 11.6. The van der Waals surface area contributed by atoms with Gasteiger partial charge in [0.2, 0.25) is 0 Å². The fourth-order valence-electron chi connectivity index (χ4n) is 3.12. The summed E-state index contributed by atoms with van der Waals surface area (Å²) in [6.45, 7) is 5.38. The Hall–Kier alpha value is -3.55. The van der Waals surface area contributed by atoms with Crippen molar-refractivity contribution in [1.29, 1.82) is 10.5 Å². The maximum atomic E-state index is 12.8. The summed E-state index contributed by atoms with van der Waals surface area (Å²) in [7, 11) is 1.52. The van der Waals surface area contributed by atoms with E-state index < -0.39 is 11.7 Å². The van der Waals surface area contributed by atoms with Crippen molar-refractivity contribution in [1.82, 2.24) is 4.57 Å². The Bertz CT molecular complexity index is 1280. The van der Waals surface area contributed by atoms with Crippen LogP contribution in [0, 0.1) is 22.7 Å². The van der Waals surface area contributed by atoms with E-state index in [1.807, 2.05) is 12.1 Å². The van der Waals surface area contributed by atoms with Crippen molar-refractivity contribution in [2.45, 2.75) is 26.4 Å². The minimum Gasteiger partial charge on any atom is -0.496 e. The first-order valence-corrected chi connectivity index (χ1v) is 10.2. The van der Waals surface area contributed by atoms with Crippen LogP contribution in [0.25, 0.3) is 22.6 Å². The summed E-state index contributed by atoms with van der Waals surface area (Å²) in [5.41, 5.74) is 1.87. The number of aromatic nitrogens is 1. The zero-order valence-corrected chi connectivity index (χ0v) is 19.1. The molecule has 0 saturated heterocycles. The zero-order valence-electron chi connectivity index (χ0n) is 17.6. The number of ether oxygens (including phenoxy) is 2. The van der Waals surface area contributed by atoms with Crippen LogP contribution >= 0.6 is 15.9 Å². The summed E-state index contributed by atoms with van der Waals surface area (Å²) in [5, 5.41) is 19.9. The van der Waals surface area contributed by atoms with Gasteiger partial charge in [0.05, 0.1) is 35.9 Å². The first kappa shape index (κ1) is 22.1. The van der Waals surface area contributed by atoms with E-state index in [9.17, 15) is 15.3 Å². The van der Waals surface area contributed by atoms with Gasteiger partial charge in [-0.15, -0.1) is 0 Å². The van der Waals surface area contributed by atoms with Crippen LogP contribution in [-0.2, 0) is 4.74 Å². The second-order valence-corrected chi connectivity index (χ2v) is 8.71. The molecule has 2 aromatic carbocycles. The van der Waals surface area contributed by atoms with Crippen molar-refractivity contribution >= 4 is 44.6 Å². The molecule has 1 heterocycles. The van der Waals surface area contributed by atoms with E-state index in [1.165, 1.54) is 11.7 Å². The molecule has 0 saturated carbocycles. The highest BCUT2D eigenvalue weighted by molar-refractivity contribution is 9.10. The van der Waals surface area contributed by atoms with Gasteiger partial charge in [-0.25, -0.2) is 4.79 Å². The molecule has 0 N–H and O–H groups in total. The van der Waals surface area contributed by atoms with Gasteiger partial charge in [0, 0.05) is 27.2 Å². The molecular weight excluding hydrogens is 458 g/mol. The largest absolute Gasteiger partial charge is 0.496 e. The molecule has 6 nitrogen and oxygen atoms in total. The molecule has 0 aliphatic carbocycles. The molecule has 1 aromatic heterocycles. The van der Waals surface area contributed by atoms with Gasteiger partial charge >= 0.3 is 6.09 Å². The fourth-order valence-corrected chi connectivity index (χ4v) is 3.48. The second-order valence-electron chi connectivity index (χ2n) is 7.79. The van der Waals surface area contributed by atoms with Crippen LogP contribution in [-0.4, -0.2) is 23.4 Å². The van der Waals surface area contributed by atoms with Crippen LogP contribution in [0.3, 0.4) is 0 Å². The van der Waals surface area contributed by atoms with E-state index in [4.69, 9.17) is 9.47 Å². The van der Waals surface area contributed by atoms with E-state index in [-0.39, 0.29) is 0 Å². The summed E-state index contributed by atoms with van der Waals surface area (Å²) in [5.74, 6) is 0.531. The lowest BCUT2D eigenvalue weighted by molar-refractivity contribution is 0.0544. The quantitative estimate of drug-likeness (QED) is 0.423. The van der Waals surface area contributed by atoms with Crippen molar-refractivity contribution < 1.29 is 14.3 Å². The maximum Gasteiger partial charge on any atom is 0.419 e. The van der Waals surface area contributed by atoms with Crippen LogP contribution in [0.15, 0.2) is 47.1 Å². The lowest BCUT2D eigenvalue weighted by Gasteiger charge is -2.19. The minimum atomic E-state index is -0.664. The van der Waals surface area contributed by atoms with Gasteiger partial charge in [0.15, 0.2) is 0 Å². The van der Waals surface area contributed by atoms with Gasteiger partial charge < -0.3 is 9.47 Å². The van der Waals surface area contributed by atoms with Crippen LogP contribution in [0.1, 0.15) is 37.5 Å². The second kappa shape index (κ2) is 8.67. The fraction of sp³-hybridized carbons (Fsp3) is 0.208. The molecule has 0 unspecified atom stereocenters. The lowest BCUT2D eigenvalue weighted by atomic mass is 10.0. The number of methoxy groups -OCH3 is 1. The van der Waals surface area contributed by atoms with Gasteiger partial charge in [-0.3, -0.25) is 4.57 Å². The number of fused-ring (bicyclic) bond motifs is 1. The van der Waals surface area contributed by atoms with Crippen LogP contribution in [0.5, 0.6) is 5.75 Å². The third kappa shape index (κ3) is 4.79. The third-order valence-corrected chi connectivity index (χ3v) is 4.92. The van der Waals surface area contributed by atoms with Crippen molar-refractivity contribution in [3.63, 3.8) is 0 Å². The number of nitriles is 2. The Kier molecular flexibility index (Phi) is 6.19. The zero-order chi connectivity index (χ0) is 22.8. The lowest BCUT2D eigenvalue weighted by Crippen LogP contribution is -2.26. The van der Waals surface area contributed by atoms with Gasteiger partial charge in [-0.2, -0.15) is 10.5 Å². The average molecular weight is 478 g/mol. The Morgan fingerprint density at radius 3 is 2.52 bits per heavy atom. The SMILES string of the molecule is COc1ccc(C#N)cc1C=C(C#N)c1cn(C(=O)OC(C)(C)C)c2ccc(Br)cc12. The number of carbonyl (C=O) groups is 1. The molecule has 7 heteroatoms. The molecule has 0 aliphatic rings. The Labute approximate surface area is 189 Å². The Morgan fingerprint density at radius 2 is 1.90 bits per heavy atom. The third-order valence-electron chi connectivity index (χ3n) is 4.43. The number of allylic oxidation sites excluding steroid dienone is 1. The van der Waals surface area contributed by atoms with Gasteiger partial charge in [0.1, 0.15) is 11.4 Å². The predicted octanol–water partition coefficient (Wildman–Crippen LogP) is 6.13. The van der Waals surface area contributed by atoms with E-state index >= 15 is 0 Å². The van der Waals surface area contributed by atoms with Crippen molar-refractivity contribution in [2.75, 3.05) is 7.11 Å². The number of hydrogen-bond acceptors (Lipinski definition) is 5. The smallest absolute Gasteiger partial charge is 0.419 e. The molecule has 0 spiro atoms. The highest BCUT2D eigenvalue weighted by Crippen LogP contribution is 2.33. The van der Waals surface area contributed by atoms with Crippen LogP contribution < -0.4 is 4.74 Å². The minimum absolute atomic E-state index is 0.318. The summed E-state index contributed by atoms with van der Waals surface area (Å²) in [6, 6.07) is 14.7. The van der Waals surface area contributed by atoms with Crippen molar-refractivity contribution in [2.24, 2.45) is 0 Å². The van der Waals surface area contributed by atoms with Gasteiger partial charge in [-0.1, -0.05) is 15.9 Å². The summed E-state index contributed by atoms with van der Waals surface area (Å²) < 4.78 is 13.1. The number of carbonyl (C=O) groups excluding carboxylic acids is 1. The highest BCUT2D eigenvalue weighted by Gasteiger charge is 2.22. The summed E-state index contributed by atoms with van der Waals surface area (Å²) >= 11 is 3.46. The molecule has 3 aromatic rings. The number of hydrogen-bond donors (Lipinski definition) is 0.